The van der Waals surface area contributed by atoms with E-state index in [1.54, 1.807) is 30.5 Å². The van der Waals surface area contributed by atoms with Crippen LogP contribution in [0.5, 0.6) is 0 Å². The number of carbonyl (C=O) groups excluding carboxylic acids is 1. The van der Waals surface area contributed by atoms with Gasteiger partial charge in [-0.2, -0.15) is 0 Å². The molecule has 0 aliphatic heterocycles. The molecule has 2 aromatic carbocycles. The summed E-state index contributed by atoms with van der Waals surface area (Å²) in [6.45, 7) is 0. The summed E-state index contributed by atoms with van der Waals surface area (Å²) in [6.07, 6.45) is 3.70. The Labute approximate surface area is 155 Å². The second kappa shape index (κ2) is 6.98. The van der Waals surface area contributed by atoms with Gasteiger partial charge < -0.3 is 10.3 Å². The van der Waals surface area contributed by atoms with Crippen LogP contribution in [0.2, 0.25) is 5.02 Å². The lowest BCUT2D eigenvalue weighted by Gasteiger charge is -2.08. The Kier molecular flexibility index (Phi) is 4.37. The van der Waals surface area contributed by atoms with E-state index in [-0.39, 0.29) is 5.91 Å². The van der Waals surface area contributed by atoms with E-state index < -0.39 is 0 Å². The third-order valence-corrected chi connectivity index (χ3v) is 4.39. The van der Waals surface area contributed by atoms with Crippen LogP contribution in [0.25, 0.3) is 11.0 Å². The van der Waals surface area contributed by atoms with E-state index >= 15 is 0 Å². The van der Waals surface area contributed by atoms with E-state index in [1.807, 2.05) is 30.3 Å². The van der Waals surface area contributed by atoms with Crippen LogP contribution in [-0.2, 0) is 6.42 Å². The van der Waals surface area contributed by atoms with E-state index in [0.29, 0.717) is 22.7 Å². The van der Waals surface area contributed by atoms with E-state index in [4.69, 9.17) is 11.6 Å². The van der Waals surface area contributed by atoms with Crippen molar-refractivity contribution in [2.75, 3.05) is 5.32 Å². The van der Waals surface area contributed by atoms with E-state index in [0.717, 1.165) is 22.4 Å². The van der Waals surface area contributed by atoms with Crippen molar-refractivity contribution in [2.24, 2.45) is 0 Å². The number of carbonyl (C=O) groups is 1. The van der Waals surface area contributed by atoms with Crippen molar-refractivity contribution in [2.45, 2.75) is 6.42 Å². The molecule has 0 fully saturated rings. The number of hydrogen-bond acceptors (Lipinski definition) is 3. The fourth-order valence-corrected chi connectivity index (χ4v) is 2.94. The maximum atomic E-state index is 12.3. The van der Waals surface area contributed by atoms with Crippen molar-refractivity contribution in [1.29, 1.82) is 0 Å². The molecule has 2 heterocycles. The van der Waals surface area contributed by atoms with Crippen LogP contribution in [-0.4, -0.2) is 20.9 Å². The van der Waals surface area contributed by atoms with Gasteiger partial charge in [0.1, 0.15) is 5.82 Å². The highest BCUT2D eigenvalue weighted by molar-refractivity contribution is 6.31. The van der Waals surface area contributed by atoms with Crippen LogP contribution in [0.1, 0.15) is 21.7 Å². The number of nitrogens with zero attached hydrogens (tertiary/aromatic N) is 2. The molecule has 5 nitrogen and oxygen atoms in total. The van der Waals surface area contributed by atoms with Gasteiger partial charge in [0, 0.05) is 29.5 Å². The van der Waals surface area contributed by atoms with Gasteiger partial charge in [-0.1, -0.05) is 23.7 Å². The van der Waals surface area contributed by atoms with Crippen LogP contribution in [0.4, 0.5) is 5.69 Å². The summed E-state index contributed by atoms with van der Waals surface area (Å²) in [5.74, 6) is 0.610. The summed E-state index contributed by atoms with van der Waals surface area (Å²) in [4.78, 5) is 24.1. The van der Waals surface area contributed by atoms with Gasteiger partial charge in [0.2, 0.25) is 0 Å². The van der Waals surface area contributed by atoms with Crippen LogP contribution < -0.4 is 5.32 Å². The molecule has 6 heteroatoms. The first-order valence-corrected chi connectivity index (χ1v) is 8.50. The number of aromatic nitrogens is 3. The van der Waals surface area contributed by atoms with Gasteiger partial charge in [-0.25, -0.2) is 4.98 Å². The Bertz CT molecular complexity index is 1040. The van der Waals surface area contributed by atoms with Crippen molar-refractivity contribution in [1.82, 2.24) is 15.0 Å². The lowest BCUT2D eigenvalue weighted by molar-refractivity contribution is 0.102. The Hall–Kier alpha value is -3.18. The highest BCUT2D eigenvalue weighted by atomic mass is 35.5. The number of H-pyrrole nitrogens is 1. The van der Waals surface area contributed by atoms with Crippen molar-refractivity contribution < 1.29 is 4.79 Å². The molecule has 128 valence electrons. The van der Waals surface area contributed by atoms with Crippen molar-refractivity contribution in [3.63, 3.8) is 0 Å². The zero-order chi connectivity index (χ0) is 17.9. The average Bonchev–Trinajstić information content (AvgIpc) is 3.07. The van der Waals surface area contributed by atoms with E-state index in [2.05, 4.69) is 20.3 Å². The molecule has 2 aromatic heterocycles. The number of fused-ring (bicyclic) bond motifs is 1. The Morgan fingerprint density at radius 3 is 2.81 bits per heavy atom. The van der Waals surface area contributed by atoms with Crippen LogP contribution in [0.15, 0.2) is 67.0 Å². The predicted octanol–water partition coefficient (Wildman–Crippen LogP) is 4.45. The smallest absolute Gasteiger partial charge is 0.257 e. The van der Waals surface area contributed by atoms with Crippen LogP contribution in [0, 0.1) is 0 Å². The molecule has 0 atom stereocenters. The first kappa shape index (κ1) is 16.3. The van der Waals surface area contributed by atoms with Crippen molar-refractivity contribution in [3.8, 4) is 0 Å². The van der Waals surface area contributed by atoms with E-state index in [1.165, 1.54) is 6.20 Å². The summed E-state index contributed by atoms with van der Waals surface area (Å²) < 4.78 is 0. The number of benzene rings is 2. The molecule has 2 N–H and O–H groups in total. The summed E-state index contributed by atoms with van der Waals surface area (Å²) in [7, 11) is 0. The number of halogens is 1. The molecule has 0 spiro atoms. The first-order chi connectivity index (χ1) is 12.7. The molecule has 0 saturated heterocycles. The average molecular weight is 363 g/mol. The van der Waals surface area contributed by atoms with Crippen LogP contribution in [0.3, 0.4) is 0 Å². The molecule has 0 unspecified atom stereocenters. The fraction of sp³-hybridized carbons (Fsp3) is 0.0500. The molecule has 0 saturated carbocycles. The highest BCUT2D eigenvalue weighted by Crippen LogP contribution is 2.24. The summed E-state index contributed by atoms with van der Waals surface area (Å²) in [5.41, 5.74) is 3.96. The number of rotatable bonds is 4. The molecule has 4 aromatic rings. The number of pyridine rings is 1. The standard InChI is InChI=1S/C20H15ClN4O/c21-16-8-7-15(23-20(26)13-4-3-9-22-12-13)10-14(16)11-19-24-17-5-1-2-6-18(17)25-19/h1-10,12H,11H2,(H,23,26)(H,24,25). The maximum Gasteiger partial charge on any atom is 0.257 e. The van der Waals surface area contributed by atoms with Gasteiger partial charge in [0.25, 0.3) is 5.91 Å². The minimum Gasteiger partial charge on any atom is -0.342 e. The van der Waals surface area contributed by atoms with Crippen LogP contribution >= 0.6 is 11.6 Å². The molecule has 0 radical (unpaired) electrons. The van der Waals surface area contributed by atoms with Gasteiger partial charge in [-0.05, 0) is 48.0 Å². The van der Waals surface area contributed by atoms with Gasteiger partial charge >= 0.3 is 0 Å². The van der Waals surface area contributed by atoms with Crippen molar-refractivity contribution >= 4 is 34.2 Å². The number of para-hydroxylation sites is 2. The Morgan fingerprint density at radius 2 is 2.00 bits per heavy atom. The molecular formula is C20H15ClN4O. The molecule has 26 heavy (non-hydrogen) atoms. The zero-order valence-corrected chi connectivity index (χ0v) is 14.5. The topological polar surface area (TPSA) is 70.7 Å². The summed E-state index contributed by atoms with van der Waals surface area (Å²) in [6, 6.07) is 16.7. The normalized spacial score (nSPS) is 10.8. The molecule has 1 amide bonds. The second-order valence-electron chi connectivity index (χ2n) is 5.88. The molecular weight excluding hydrogens is 348 g/mol. The fourth-order valence-electron chi connectivity index (χ4n) is 2.76. The molecule has 0 bridgehead atoms. The summed E-state index contributed by atoms with van der Waals surface area (Å²) in [5, 5.41) is 3.50. The monoisotopic (exact) mass is 362 g/mol. The Morgan fingerprint density at radius 1 is 1.12 bits per heavy atom. The number of amides is 1. The number of aromatic amines is 1. The number of nitrogens with one attached hydrogen (secondary N) is 2. The summed E-state index contributed by atoms with van der Waals surface area (Å²) >= 11 is 6.33. The first-order valence-electron chi connectivity index (χ1n) is 8.12. The highest BCUT2D eigenvalue weighted by Gasteiger charge is 2.10. The lowest BCUT2D eigenvalue weighted by atomic mass is 10.1. The minimum absolute atomic E-state index is 0.213. The third-order valence-electron chi connectivity index (χ3n) is 4.02. The minimum atomic E-state index is -0.213. The SMILES string of the molecule is O=C(Nc1ccc(Cl)c(Cc2nc3ccccc3[nH]2)c1)c1cccnc1. The largest absolute Gasteiger partial charge is 0.342 e. The molecule has 0 aliphatic carbocycles. The van der Waals surface area contributed by atoms with Gasteiger partial charge in [0.15, 0.2) is 0 Å². The lowest BCUT2D eigenvalue weighted by Crippen LogP contribution is -2.12. The number of anilines is 1. The second-order valence-corrected chi connectivity index (χ2v) is 6.29. The van der Waals surface area contributed by atoms with E-state index in [9.17, 15) is 4.79 Å². The van der Waals surface area contributed by atoms with Gasteiger partial charge in [-0.3, -0.25) is 9.78 Å². The molecule has 0 aliphatic rings. The predicted molar refractivity (Wildman–Crippen MR) is 103 cm³/mol. The van der Waals surface area contributed by atoms with Crippen molar-refractivity contribution in [3.05, 3.63) is 89.0 Å². The zero-order valence-electron chi connectivity index (χ0n) is 13.7. The molecule has 4 rings (SSSR count). The Balaban J connectivity index is 1.57. The number of hydrogen-bond donors (Lipinski definition) is 2. The maximum absolute atomic E-state index is 12.3. The van der Waals surface area contributed by atoms with Gasteiger partial charge in [0.05, 0.1) is 16.6 Å². The van der Waals surface area contributed by atoms with Gasteiger partial charge in [-0.15, -0.1) is 0 Å². The number of imidazole rings is 1. The third kappa shape index (κ3) is 3.43. The quantitative estimate of drug-likeness (QED) is 0.563.